The summed E-state index contributed by atoms with van der Waals surface area (Å²) in [5.41, 5.74) is 1.53. The predicted molar refractivity (Wildman–Crippen MR) is 108 cm³/mol. The second-order valence-corrected chi connectivity index (χ2v) is 6.85. The summed E-state index contributed by atoms with van der Waals surface area (Å²) in [7, 11) is 0. The topological polar surface area (TPSA) is 105 Å². The molecule has 0 saturated carbocycles. The highest BCUT2D eigenvalue weighted by Gasteiger charge is 2.32. The van der Waals surface area contributed by atoms with Crippen LogP contribution >= 0.6 is 0 Å². The van der Waals surface area contributed by atoms with Crippen molar-refractivity contribution in [3.63, 3.8) is 0 Å². The van der Waals surface area contributed by atoms with E-state index in [1.54, 1.807) is 24.5 Å². The molecule has 29 heavy (non-hydrogen) atoms. The molecule has 1 aliphatic heterocycles. The number of pyridine rings is 1. The Morgan fingerprint density at radius 2 is 2.10 bits per heavy atom. The molecule has 0 spiro atoms. The number of fused-ring (bicyclic) bond motifs is 1. The molecule has 4 rings (SSSR count). The Bertz CT molecular complexity index is 1040. The van der Waals surface area contributed by atoms with Crippen LogP contribution in [-0.2, 0) is 4.79 Å². The molecule has 8 nitrogen and oxygen atoms in total. The lowest BCUT2D eigenvalue weighted by Gasteiger charge is -2.38. The van der Waals surface area contributed by atoms with Gasteiger partial charge in [0.2, 0.25) is 0 Å². The number of nitrogens with one attached hydrogen (secondary N) is 1. The van der Waals surface area contributed by atoms with Crippen molar-refractivity contribution >= 4 is 22.7 Å². The zero-order valence-corrected chi connectivity index (χ0v) is 15.8. The van der Waals surface area contributed by atoms with E-state index >= 15 is 0 Å². The van der Waals surface area contributed by atoms with Gasteiger partial charge in [-0.1, -0.05) is 6.07 Å². The molecule has 0 aliphatic carbocycles. The fourth-order valence-electron chi connectivity index (χ4n) is 3.79. The van der Waals surface area contributed by atoms with E-state index in [0.717, 1.165) is 16.7 Å². The Labute approximate surface area is 167 Å². The Balaban J connectivity index is 1.57. The number of aromatic nitrogens is 2. The monoisotopic (exact) mass is 391 g/mol. The van der Waals surface area contributed by atoms with E-state index in [-0.39, 0.29) is 6.61 Å². The number of H-pyrrole nitrogens is 1. The highest BCUT2D eigenvalue weighted by molar-refractivity contribution is 5.90. The molecule has 1 aliphatic rings. The number of benzene rings is 1. The van der Waals surface area contributed by atoms with E-state index in [1.165, 1.54) is 0 Å². The zero-order chi connectivity index (χ0) is 20.2. The molecule has 0 bridgehead atoms. The molecule has 2 N–H and O–H groups in total. The number of rotatable bonds is 6. The summed E-state index contributed by atoms with van der Waals surface area (Å²) in [6.07, 6.45) is 3.52. The van der Waals surface area contributed by atoms with Crippen molar-refractivity contribution in [2.45, 2.75) is 6.04 Å². The molecule has 0 amide bonds. The summed E-state index contributed by atoms with van der Waals surface area (Å²) in [4.78, 5) is 23.9. The lowest BCUT2D eigenvalue weighted by atomic mass is 10.0. The van der Waals surface area contributed by atoms with Crippen LogP contribution in [0.3, 0.4) is 0 Å². The van der Waals surface area contributed by atoms with E-state index in [0.29, 0.717) is 37.5 Å². The fourth-order valence-corrected chi connectivity index (χ4v) is 3.79. The van der Waals surface area contributed by atoms with Crippen molar-refractivity contribution < 1.29 is 14.6 Å². The third-order valence-electron chi connectivity index (χ3n) is 5.17. The molecule has 1 atom stereocenters. The normalized spacial score (nSPS) is 15.8. The van der Waals surface area contributed by atoms with Crippen LogP contribution in [0.15, 0.2) is 48.8 Å². The predicted octanol–water partition coefficient (Wildman–Crippen LogP) is 2.41. The summed E-state index contributed by atoms with van der Waals surface area (Å²) < 4.78 is 5.39. The molecule has 1 aromatic carbocycles. The maximum absolute atomic E-state index is 12.2. The van der Waals surface area contributed by atoms with Crippen LogP contribution in [0.4, 0.5) is 5.82 Å². The van der Waals surface area contributed by atoms with Crippen LogP contribution < -0.4 is 9.64 Å². The minimum absolute atomic E-state index is 0.0525. The van der Waals surface area contributed by atoms with Gasteiger partial charge in [0.25, 0.3) is 0 Å². The number of carboxylic acid groups (broad SMARTS) is 1. The Morgan fingerprint density at radius 3 is 2.79 bits per heavy atom. The molecular formula is C21H21N5O3. The van der Waals surface area contributed by atoms with Crippen molar-refractivity contribution in [3.8, 4) is 11.8 Å². The highest BCUT2D eigenvalue weighted by Crippen LogP contribution is 2.32. The Kier molecular flexibility index (Phi) is 5.31. The number of anilines is 1. The maximum atomic E-state index is 12.2. The second kappa shape index (κ2) is 8.20. The SMILES string of the molecule is N#CCOc1ccc2[nH]cc([C@@H](C(=O)O)N3CCN(c4ccccn4)CC3)c2c1. The van der Waals surface area contributed by atoms with Crippen LogP contribution in [0.1, 0.15) is 11.6 Å². The molecule has 0 unspecified atom stereocenters. The second-order valence-electron chi connectivity index (χ2n) is 6.85. The van der Waals surface area contributed by atoms with Crippen molar-refractivity contribution in [1.82, 2.24) is 14.9 Å². The van der Waals surface area contributed by atoms with Crippen molar-refractivity contribution in [1.29, 1.82) is 5.26 Å². The maximum Gasteiger partial charge on any atom is 0.325 e. The smallest absolute Gasteiger partial charge is 0.325 e. The molecule has 3 heterocycles. The van der Waals surface area contributed by atoms with Crippen LogP contribution in [0.25, 0.3) is 10.9 Å². The van der Waals surface area contributed by atoms with Gasteiger partial charge >= 0.3 is 5.97 Å². The van der Waals surface area contributed by atoms with Gasteiger partial charge in [-0.25, -0.2) is 4.98 Å². The third-order valence-corrected chi connectivity index (χ3v) is 5.17. The zero-order valence-electron chi connectivity index (χ0n) is 15.8. The first-order valence-electron chi connectivity index (χ1n) is 9.41. The largest absolute Gasteiger partial charge is 0.480 e. The van der Waals surface area contributed by atoms with Gasteiger partial charge in [-0.2, -0.15) is 5.26 Å². The van der Waals surface area contributed by atoms with Crippen LogP contribution in [0, 0.1) is 11.3 Å². The van der Waals surface area contributed by atoms with E-state index in [4.69, 9.17) is 10.00 Å². The quantitative estimate of drug-likeness (QED) is 0.665. The number of nitrogens with zero attached hydrogens (tertiary/aromatic N) is 4. The minimum Gasteiger partial charge on any atom is -0.480 e. The molecule has 2 aromatic heterocycles. The Hall–Kier alpha value is -3.57. The molecule has 8 heteroatoms. The minimum atomic E-state index is -0.888. The van der Waals surface area contributed by atoms with Crippen LogP contribution in [-0.4, -0.2) is 58.7 Å². The molecule has 3 aromatic rings. The van der Waals surface area contributed by atoms with Gasteiger partial charge in [-0.05, 0) is 30.3 Å². The summed E-state index contributed by atoms with van der Waals surface area (Å²) in [5.74, 6) is 0.565. The number of aliphatic carboxylic acids is 1. The van der Waals surface area contributed by atoms with Crippen LogP contribution in [0.2, 0.25) is 0 Å². The van der Waals surface area contributed by atoms with E-state index in [1.807, 2.05) is 35.2 Å². The van der Waals surface area contributed by atoms with Crippen LogP contribution in [0.5, 0.6) is 5.75 Å². The molecule has 1 fully saturated rings. The molecule has 148 valence electrons. The number of piperazine rings is 1. The molecule has 1 saturated heterocycles. The van der Waals surface area contributed by atoms with Gasteiger partial charge < -0.3 is 19.7 Å². The van der Waals surface area contributed by atoms with Gasteiger partial charge in [0, 0.05) is 55.0 Å². The standard InChI is InChI=1S/C21H21N5O3/c22-6-12-29-15-4-5-18-16(13-15)17(14-24-18)20(21(27)28)26-10-8-25(9-11-26)19-3-1-2-7-23-19/h1-5,7,13-14,20,24H,8-12H2,(H,27,28)/t20-/m0/s1. The number of carboxylic acids is 1. The van der Waals surface area contributed by atoms with E-state index < -0.39 is 12.0 Å². The highest BCUT2D eigenvalue weighted by atomic mass is 16.5. The first kappa shape index (κ1) is 18.8. The van der Waals surface area contributed by atoms with Gasteiger partial charge in [-0.3, -0.25) is 9.69 Å². The number of hydrogen-bond acceptors (Lipinski definition) is 6. The van der Waals surface area contributed by atoms with Gasteiger partial charge in [0.1, 0.15) is 23.7 Å². The fraction of sp³-hybridized carbons (Fsp3) is 0.286. The third kappa shape index (κ3) is 3.86. The van der Waals surface area contributed by atoms with Crippen molar-refractivity contribution in [2.24, 2.45) is 0 Å². The molecular weight excluding hydrogens is 370 g/mol. The first-order valence-corrected chi connectivity index (χ1v) is 9.41. The number of ether oxygens (including phenoxy) is 1. The Morgan fingerprint density at radius 1 is 1.28 bits per heavy atom. The lowest BCUT2D eigenvalue weighted by molar-refractivity contribution is -0.143. The van der Waals surface area contributed by atoms with Gasteiger partial charge in [0.15, 0.2) is 6.61 Å². The number of carbonyl (C=O) groups is 1. The summed E-state index contributed by atoms with van der Waals surface area (Å²) in [6, 6.07) is 12.4. The van der Waals surface area contributed by atoms with Crippen molar-refractivity contribution in [3.05, 3.63) is 54.4 Å². The van der Waals surface area contributed by atoms with E-state index in [9.17, 15) is 9.90 Å². The number of aromatic amines is 1. The lowest BCUT2D eigenvalue weighted by Crippen LogP contribution is -2.49. The van der Waals surface area contributed by atoms with Gasteiger partial charge in [0.05, 0.1) is 0 Å². The van der Waals surface area contributed by atoms with Gasteiger partial charge in [-0.15, -0.1) is 0 Å². The summed E-state index contributed by atoms with van der Waals surface area (Å²) in [5, 5.41) is 19.5. The number of nitriles is 1. The first-order chi connectivity index (χ1) is 14.2. The average molecular weight is 391 g/mol. The van der Waals surface area contributed by atoms with Crippen molar-refractivity contribution in [2.75, 3.05) is 37.7 Å². The average Bonchev–Trinajstić information content (AvgIpc) is 3.16. The molecule has 0 radical (unpaired) electrons. The summed E-state index contributed by atoms with van der Waals surface area (Å²) in [6.45, 7) is 2.60. The summed E-state index contributed by atoms with van der Waals surface area (Å²) >= 11 is 0. The number of hydrogen-bond donors (Lipinski definition) is 2. The van der Waals surface area contributed by atoms with E-state index in [2.05, 4.69) is 14.9 Å².